The molecule has 0 saturated carbocycles. The van der Waals surface area contributed by atoms with Crippen LogP contribution in [0, 0.1) is 10.1 Å². The van der Waals surface area contributed by atoms with E-state index in [1.54, 1.807) is 0 Å². The van der Waals surface area contributed by atoms with Gasteiger partial charge in [0.2, 0.25) is 0 Å². The number of carbonyl (C=O) groups is 3. The van der Waals surface area contributed by atoms with Crippen molar-refractivity contribution in [1.82, 2.24) is 10.6 Å². The molecule has 11 heteroatoms. The Hall–Kier alpha value is -3.47. The van der Waals surface area contributed by atoms with Gasteiger partial charge in [0.05, 0.1) is 4.92 Å². The van der Waals surface area contributed by atoms with Crippen molar-refractivity contribution in [3.05, 3.63) is 68.2 Å². The Kier molecular flexibility index (Phi) is 6.66. The Morgan fingerprint density at radius 1 is 1.21 bits per heavy atom. The molecule has 0 aliphatic carbocycles. The zero-order valence-electron chi connectivity index (χ0n) is 14.3. The summed E-state index contributed by atoms with van der Waals surface area (Å²) in [6.07, 6.45) is 1.25. The maximum atomic E-state index is 12.4. The van der Waals surface area contributed by atoms with Crippen molar-refractivity contribution in [2.24, 2.45) is 0 Å². The highest BCUT2D eigenvalue weighted by Crippen LogP contribution is 2.16. The maximum absolute atomic E-state index is 12.4. The smallest absolute Gasteiger partial charge is 0.325 e. The van der Waals surface area contributed by atoms with E-state index in [9.17, 15) is 24.5 Å². The number of hydrogen-bond donors (Lipinski definition) is 3. The van der Waals surface area contributed by atoms with Gasteiger partial charge >= 0.3 is 5.97 Å². The zero-order valence-corrected chi connectivity index (χ0v) is 15.9. The zero-order chi connectivity index (χ0) is 20.8. The lowest BCUT2D eigenvalue weighted by Gasteiger charge is -2.13. The van der Waals surface area contributed by atoms with Gasteiger partial charge in [-0.2, -0.15) is 0 Å². The molecule has 2 amide bonds. The number of nitrogens with one attached hydrogen (secondary N) is 2. The van der Waals surface area contributed by atoms with Crippen LogP contribution in [0.15, 0.2) is 51.2 Å². The second kappa shape index (κ2) is 8.95. The van der Waals surface area contributed by atoms with Gasteiger partial charge < -0.3 is 20.2 Å². The Labute approximate surface area is 166 Å². The first-order valence-corrected chi connectivity index (χ1v) is 8.53. The van der Waals surface area contributed by atoms with Gasteiger partial charge in [-0.3, -0.25) is 24.5 Å². The van der Waals surface area contributed by atoms with Gasteiger partial charge in [0.25, 0.3) is 17.5 Å². The lowest BCUT2D eigenvalue weighted by molar-refractivity contribution is -0.384. The van der Waals surface area contributed by atoms with Crippen LogP contribution in [0.3, 0.4) is 0 Å². The van der Waals surface area contributed by atoms with Crippen LogP contribution in [0.5, 0.6) is 0 Å². The van der Waals surface area contributed by atoms with Crippen molar-refractivity contribution < 1.29 is 28.8 Å². The van der Waals surface area contributed by atoms with Crippen LogP contribution in [-0.4, -0.2) is 33.9 Å². The van der Waals surface area contributed by atoms with Gasteiger partial charge in [-0.25, -0.2) is 0 Å². The van der Waals surface area contributed by atoms with Crippen LogP contribution >= 0.6 is 15.9 Å². The van der Waals surface area contributed by atoms with Crippen molar-refractivity contribution in [3.8, 4) is 0 Å². The number of amides is 2. The fourth-order valence-corrected chi connectivity index (χ4v) is 2.28. The van der Waals surface area contributed by atoms with Crippen LogP contribution in [-0.2, 0) is 9.59 Å². The Morgan fingerprint density at radius 2 is 1.86 bits per heavy atom. The lowest BCUT2D eigenvalue weighted by atomic mass is 10.1. The molecule has 1 atom stereocenters. The highest BCUT2D eigenvalue weighted by Gasteiger charge is 2.21. The van der Waals surface area contributed by atoms with Gasteiger partial charge in [0.1, 0.15) is 11.7 Å². The lowest BCUT2D eigenvalue weighted by Crippen LogP contribution is -2.42. The molecule has 10 nitrogen and oxygen atoms in total. The molecule has 2 aromatic rings. The van der Waals surface area contributed by atoms with Crippen LogP contribution < -0.4 is 10.6 Å². The average Bonchev–Trinajstić information content (AvgIpc) is 3.07. The Morgan fingerprint density at radius 3 is 2.36 bits per heavy atom. The van der Waals surface area contributed by atoms with Crippen LogP contribution in [0.4, 0.5) is 5.69 Å². The van der Waals surface area contributed by atoms with Gasteiger partial charge in [0.15, 0.2) is 10.4 Å². The van der Waals surface area contributed by atoms with Gasteiger partial charge in [-0.15, -0.1) is 0 Å². The number of carbonyl (C=O) groups excluding carboxylic acids is 2. The molecule has 1 heterocycles. The minimum atomic E-state index is -1.26. The average molecular weight is 452 g/mol. The first kappa shape index (κ1) is 20.8. The summed E-state index contributed by atoms with van der Waals surface area (Å²) < 4.78 is 5.42. The fraction of sp³-hybridized carbons (Fsp3) is 0.118. The molecule has 0 spiro atoms. The number of nitro groups is 1. The predicted octanol–water partition coefficient (Wildman–Crippen LogP) is 2.31. The SMILES string of the molecule is C[C@H](NC(=O)/C(=C\c1ccc([N+](=O)[O-])cc1)NC(=O)c1ccc(Br)o1)C(=O)O. The molecule has 1 aromatic heterocycles. The van der Waals surface area contributed by atoms with E-state index in [0.717, 1.165) is 0 Å². The minimum absolute atomic E-state index is 0.0828. The number of aliphatic carboxylic acids is 1. The highest BCUT2D eigenvalue weighted by molar-refractivity contribution is 9.10. The molecule has 0 unspecified atom stereocenters. The molecule has 0 aliphatic heterocycles. The minimum Gasteiger partial charge on any atom is -0.480 e. The number of nitrogens with zero attached hydrogens (tertiary/aromatic N) is 1. The van der Waals surface area contributed by atoms with Crippen molar-refractivity contribution in [2.75, 3.05) is 0 Å². The van der Waals surface area contributed by atoms with Gasteiger partial charge in [-0.1, -0.05) is 0 Å². The standard InChI is InChI=1S/C17H14BrN3O7/c1-9(17(24)25)19-15(22)12(20-16(23)13-6-7-14(18)28-13)8-10-2-4-11(5-3-10)21(26)27/h2-9H,1H3,(H,19,22)(H,20,23)(H,24,25)/b12-8+/t9-/m0/s1. The summed E-state index contributed by atoms with van der Waals surface area (Å²) in [6, 6.07) is 6.87. The summed E-state index contributed by atoms with van der Waals surface area (Å²) in [5, 5.41) is 24.2. The number of benzene rings is 1. The van der Waals surface area contributed by atoms with Gasteiger partial charge in [-0.05, 0) is 58.8 Å². The third-order valence-electron chi connectivity index (χ3n) is 3.42. The van der Waals surface area contributed by atoms with Crippen molar-refractivity contribution in [2.45, 2.75) is 13.0 Å². The molecule has 146 valence electrons. The van der Waals surface area contributed by atoms with Crippen molar-refractivity contribution in [1.29, 1.82) is 0 Å². The molecule has 0 fully saturated rings. The van der Waals surface area contributed by atoms with E-state index in [1.807, 2.05) is 0 Å². The normalized spacial score (nSPS) is 12.1. The second-order valence-electron chi connectivity index (χ2n) is 5.50. The molecule has 28 heavy (non-hydrogen) atoms. The van der Waals surface area contributed by atoms with Crippen LogP contribution in [0.25, 0.3) is 6.08 Å². The number of hydrogen-bond acceptors (Lipinski definition) is 6. The number of nitro benzene ring substituents is 1. The first-order valence-electron chi connectivity index (χ1n) is 7.74. The monoisotopic (exact) mass is 451 g/mol. The van der Waals surface area contributed by atoms with E-state index in [1.165, 1.54) is 49.4 Å². The second-order valence-corrected chi connectivity index (χ2v) is 6.28. The summed E-state index contributed by atoms with van der Waals surface area (Å²) in [5.41, 5.74) is -0.0359. The maximum Gasteiger partial charge on any atom is 0.325 e. The first-order chi connectivity index (χ1) is 13.2. The van der Waals surface area contributed by atoms with Crippen LogP contribution in [0.1, 0.15) is 23.0 Å². The van der Waals surface area contributed by atoms with Crippen molar-refractivity contribution >= 4 is 45.5 Å². The van der Waals surface area contributed by atoms with Crippen molar-refractivity contribution in [3.63, 3.8) is 0 Å². The van der Waals surface area contributed by atoms with E-state index < -0.39 is 28.7 Å². The van der Waals surface area contributed by atoms with E-state index >= 15 is 0 Å². The molecule has 0 bridgehead atoms. The Bertz CT molecular complexity index is 950. The van der Waals surface area contributed by atoms with E-state index in [0.29, 0.717) is 10.2 Å². The number of rotatable bonds is 7. The third kappa shape index (κ3) is 5.51. The summed E-state index contributed by atoms with van der Waals surface area (Å²) >= 11 is 3.06. The summed E-state index contributed by atoms with van der Waals surface area (Å²) in [4.78, 5) is 45.8. The number of non-ortho nitro benzene ring substituents is 1. The number of carboxylic acid groups (broad SMARTS) is 1. The number of carboxylic acids is 1. The summed E-state index contributed by atoms with van der Waals surface area (Å²) in [7, 11) is 0. The predicted molar refractivity (Wildman–Crippen MR) is 100 cm³/mol. The molecular weight excluding hydrogens is 438 g/mol. The van der Waals surface area contributed by atoms with Gasteiger partial charge in [0, 0.05) is 12.1 Å². The fourth-order valence-electron chi connectivity index (χ4n) is 1.97. The molecule has 2 rings (SSSR count). The largest absolute Gasteiger partial charge is 0.480 e. The quantitative estimate of drug-likeness (QED) is 0.331. The molecule has 3 N–H and O–H groups in total. The summed E-state index contributed by atoms with van der Waals surface area (Å²) in [5.74, 6) is -2.94. The number of furan rings is 1. The highest BCUT2D eigenvalue weighted by atomic mass is 79.9. The van der Waals surface area contributed by atoms with E-state index in [-0.39, 0.29) is 17.1 Å². The van der Waals surface area contributed by atoms with E-state index in [4.69, 9.17) is 9.52 Å². The topological polar surface area (TPSA) is 152 Å². The molecular formula is C17H14BrN3O7. The number of halogens is 1. The molecule has 0 radical (unpaired) electrons. The van der Waals surface area contributed by atoms with Crippen LogP contribution in [0.2, 0.25) is 0 Å². The molecule has 0 saturated heterocycles. The Balaban J connectivity index is 2.31. The molecule has 1 aromatic carbocycles. The third-order valence-corrected chi connectivity index (χ3v) is 3.85. The molecule has 0 aliphatic rings. The summed E-state index contributed by atoms with van der Waals surface area (Å²) in [6.45, 7) is 1.26. The van der Waals surface area contributed by atoms with E-state index in [2.05, 4.69) is 26.6 Å².